The fraction of sp³-hybridized carbons (Fsp3) is 0.300. The molecule has 1 saturated heterocycles. The van der Waals surface area contributed by atoms with E-state index in [1.807, 2.05) is 18.2 Å². The summed E-state index contributed by atoms with van der Waals surface area (Å²) in [6.07, 6.45) is 2.06. The van der Waals surface area contributed by atoms with Crippen LogP contribution in [0.5, 0.6) is 0 Å². The van der Waals surface area contributed by atoms with Crippen LogP contribution in [0.4, 0.5) is 14.5 Å². The second-order valence-electron chi connectivity index (χ2n) is 6.77. The molecule has 4 rings (SSSR count). The van der Waals surface area contributed by atoms with Gasteiger partial charge in [-0.1, -0.05) is 12.1 Å². The standard InChI is InChI=1S/C20H19F2N3OS/c21-15-8-7-14(10-16(15)22)23-19(26)12-25-9-3-4-13(11-25)20-24-17-5-1-2-6-18(17)27-20/h1-2,5-8,10,13H,3-4,9,11-12H2,(H,23,26)/t13-/m1/s1. The average Bonchev–Trinajstić information content (AvgIpc) is 3.09. The van der Waals surface area contributed by atoms with Crippen molar-refractivity contribution in [3.8, 4) is 0 Å². The smallest absolute Gasteiger partial charge is 0.238 e. The SMILES string of the molecule is O=C(CN1CCC[C@@H](c2nc3ccccc3s2)C1)Nc1ccc(F)c(F)c1. The Bertz CT molecular complexity index is 942. The summed E-state index contributed by atoms with van der Waals surface area (Å²) in [5.74, 6) is -1.82. The van der Waals surface area contributed by atoms with Crippen LogP contribution in [-0.2, 0) is 4.79 Å². The third-order valence-corrected chi connectivity index (χ3v) is 5.93. The molecule has 0 saturated carbocycles. The van der Waals surface area contributed by atoms with Crippen molar-refractivity contribution in [3.05, 3.63) is 59.1 Å². The number of nitrogens with zero attached hydrogens (tertiary/aromatic N) is 2. The van der Waals surface area contributed by atoms with Crippen LogP contribution in [0, 0.1) is 11.6 Å². The van der Waals surface area contributed by atoms with Crippen LogP contribution in [0.25, 0.3) is 10.2 Å². The van der Waals surface area contributed by atoms with Crippen molar-refractivity contribution >= 4 is 33.1 Å². The van der Waals surface area contributed by atoms with Crippen LogP contribution in [0.3, 0.4) is 0 Å². The lowest BCUT2D eigenvalue weighted by molar-refractivity contribution is -0.117. The summed E-state index contributed by atoms with van der Waals surface area (Å²) in [5, 5.41) is 3.75. The normalized spacial score (nSPS) is 17.9. The Balaban J connectivity index is 1.39. The Hall–Kier alpha value is -2.38. The molecule has 2 aromatic carbocycles. The fourth-order valence-electron chi connectivity index (χ4n) is 3.44. The van der Waals surface area contributed by atoms with Crippen molar-refractivity contribution in [2.24, 2.45) is 0 Å². The van der Waals surface area contributed by atoms with Crippen LogP contribution >= 0.6 is 11.3 Å². The number of piperidine rings is 1. The van der Waals surface area contributed by atoms with Crippen LogP contribution in [0.2, 0.25) is 0 Å². The van der Waals surface area contributed by atoms with Crippen molar-refractivity contribution in [2.75, 3.05) is 25.0 Å². The number of halogens is 2. The Kier molecular flexibility index (Phi) is 5.13. The van der Waals surface area contributed by atoms with Crippen molar-refractivity contribution < 1.29 is 13.6 Å². The second-order valence-corrected chi connectivity index (χ2v) is 7.83. The first-order valence-corrected chi connectivity index (χ1v) is 9.73. The number of rotatable bonds is 4. The molecule has 2 heterocycles. The molecule has 1 aromatic heterocycles. The number of hydrogen-bond acceptors (Lipinski definition) is 4. The minimum atomic E-state index is -0.971. The van der Waals surface area contributed by atoms with Crippen LogP contribution in [0.1, 0.15) is 23.8 Å². The summed E-state index contributed by atoms with van der Waals surface area (Å²) in [6, 6.07) is 11.5. The lowest BCUT2D eigenvalue weighted by Gasteiger charge is -2.31. The Labute approximate surface area is 159 Å². The molecule has 0 bridgehead atoms. The lowest BCUT2D eigenvalue weighted by atomic mass is 9.99. The van der Waals surface area contributed by atoms with Gasteiger partial charge < -0.3 is 5.32 Å². The Morgan fingerprint density at radius 1 is 1.22 bits per heavy atom. The van der Waals surface area contributed by atoms with Gasteiger partial charge in [-0.05, 0) is 43.7 Å². The summed E-state index contributed by atoms with van der Waals surface area (Å²) in [7, 11) is 0. The zero-order valence-corrected chi connectivity index (χ0v) is 15.4. The van der Waals surface area contributed by atoms with E-state index in [0.29, 0.717) is 5.92 Å². The minimum Gasteiger partial charge on any atom is -0.325 e. The van der Waals surface area contributed by atoms with Gasteiger partial charge in [-0.25, -0.2) is 13.8 Å². The topological polar surface area (TPSA) is 45.2 Å². The molecule has 0 spiro atoms. The molecule has 0 radical (unpaired) electrons. The highest BCUT2D eigenvalue weighted by atomic mass is 32.1. The number of fused-ring (bicyclic) bond motifs is 1. The summed E-state index contributed by atoms with van der Waals surface area (Å²) < 4.78 is 27.4. The van der Waals surface area contributed by atoms with Crippen molar-refractivity contribution in [3.63, 3.8) is 0 Å². The van der Waals surface area contributed by atoms with Gasteiger partial charge in [0.05, 0.1) is 21.8 Å². The van der Waals surface area contributed by atoms with Crippen molar-refractivity contribution in [1.82, 2.24) is 9.88 Å². The fourth-order valence-corrected chi connectivity index (χ4v) is 4.54. The maximum absolute atomic E-state index is 13.3. The predicted molar refractivity (Wildman–Crippen MR) is 103 cm³/mol. The molecule has 1 aliphatic rings. The van der Waals surface area contributed by atoms with E-state index in [-0.39, 0.29) is 18.1 Å². The number of carbonyl (C=O) groups is 1. The first-order chi connectivity index (χ1) is 13.1. The number of nitrogens with one attached hydrogen (secondary N) is 1. The highest BCUT2D eigenvalue weighted by molar-refractivity contribution is 7.18. The number of para-hydroxylation sites is 1. The number of amides is 1. The van der Waals surface area contributed by atoms with Gasteiger partial charge in [0, 0.05) is 24.2 Å². The van der Waals surface area contributed by atoms with Crippen molar-refractivity contribution in [1.29, 1.82) is 0 Å². The predicted octanol–water partition coefficient (Wildman–Crippen LogP) is 4.39. The molecule has 140 valence electrons. The van der Waals surface area contributed by atoms with Gasteiger partial charge in [0.1, 0.15) is 0 Å². The van der Waals surface area contributed by atoms with E-state index in [0.717, 1.165) is 48.6 Å². The largest absolute Gasteiger partial charge is 0.325 e. The Morgan fingerprint density at radius 2 is 2.07 bits per heavy atom. The molecule has 27 heavy (non-hydrogen) atoms. The second kappa shape index (κ2) is 7.70. The number of anilines is 1. The molecule has 3 aromatic rings. The third-order valence-electron chi connectivity index (χ3n) is 4.74. The van der Waals surface area contributed by atoms with Gasteiger partial charge in [0.25, 0.3) is 0 Å². The molecule has 1 amide bonds. The number of benzene rings is 2. The summed E-state index contributed by atoms with van der Waals surface area (Å²) in [4.78, 5) is 19.1. The van der Waals surface area contributed by atoms with E-state index in [1.165, 1.54) is 10.8 Å². The summed E-state index contributed by atoms with van der Waals surface area (Å²) in [5.41, 5.74) is 1.28. The molecular weight excluding hydrogens is 368 g/mol. The van der Waals surface area contributed by atoms with Crippen molar-refractivity contribution in [2.45, 2.75) is 18.8 Å². The highest BCUT2D eigenvalue weighted by Gasteiger charge is 2.25. The van der Waals surface area contributed by atoms with E-state index in [1.54, 1.807) is 11.3 Å². The van der Waals surface area contributed by atoms with Gasteiger partial charge in [-0.3, -0.25) is 9.69 Å². The van der Waals surface area contributed by atoms with Gasteiger partial charge >= 0.3 is 0 Å². The first-order valence-electron chi connectivity index (χ1n) is 8.91. The quantitative estimate of drug-likeness (QED) is 0.722. The monoisotopic (exact) mass is 387 g/mol. The number of carbonyl (C=O) groups excluding carboxylic acids is 1. The Morgan fingerprint density at radius 3 is 2.89 bits per heavy atom. The van der Waals surface area contributed by atoms with Gasteiger partial charge in [-0.15, -0.1) is 11.3 Å². The number of likely N-dealkylation sites (tertiary alicyclic amines) is 1. The van der Waals surface area contributed by atoms with E-state index in [4.69, 9.17) is 4.98 Å². The van der Waals surface area contributed by atoms with E-state index in [2.05, 4.69) is 16.3 Å². The molecule has 0 aliphatic carbocycles. The first kappa shape index (κ1) is 18.0. The summed E-state index contributed by atoms with van der Waals surface area (Å²) >= 11 is 1.71. The van der Waals surface area contributed by atoms with Gasteiger partial charge in [-0.2, -0.15) is 0 Å². The highest BCUT2D eigenvalue weighted by Crippen LogP contribution is 2.32. The lowest BCUT2D eigenvalue weighted by Crippen LogP contribution is -2.39. The molecule has 1 atom stereocenters. The number of thiazole rings is 1. The molecule has 1 aliphatic heterocycles. The maximum Gasteiger partial charge on any atom is 0.238 e. The zero-order chi connectivity index (χ0) is 18.8. The van der Waals surface area contributed by atoms with E-state index in [9.17, 15) is 13.6 Å². The van der Waals surface area contributed by atoms with E-state index >= 15 is 0 Å². The van der Waals surface area contributed by atoms with Crippen LogP contribution < -0.4 is 5.32 Å². The van der Waals surface area contributed by atoms with Gasteiger partial charge in [0.2, 0.25) is 5.91 Å². The molecule has 4 nitrogen and oxygen atoms in total. The minimum absolute atomic E-state index is 0.223. The average molecular weight is 387 g/mol. The third kappa shape index (κ3) is 4.14. The maximum atomic E-state index is 13.3. The molecule has 1 N–H and O–H groups in total. The molecule has 0 unspecified atom stereocenters. The van der Waals surface area contributed by atoms with Crippen LogP contribution in [0.15, 0.2) is 42.5 Å². The molecule has 1 fully saturated rings. The number of hydrogen-bond donors (Lipinski definition) is 1. The zero-order valence-electron chi connectivity index (χ0n) is 14.6. The molecule has 7 heteroatoms. The summed E-state index contributed by atoms with van der Waals surface area (Å²) in [6.45, 7) is 1.83. The van der Waals surface area contributed by atoms with Crippen LogP contribution in [-0.4, -0.2) is 35.4 Å². The molecular formula is C20H19F2N3OS. The van der Waals surface area contributed by atoms with Gasteiger partial charge in [0.15, 0.2) is 11.6 Å². The number of aromatic nitrogens is 1. The van der Waals surface area contributed by atoms with E-state index < -0.39 is 11.6 Å².